The molecule has 0 radical (unpaired) electrons. The van der Waals surface area contributed by atoms with E-state index in [0.29, 0.717) is 12.2 Å². The van der Waals surface area contributed by atoms with Gasteiger partial charge in [0.25, 0.3) is 0 Å². The van der Waals surface area contributed by atoms with E-state index in [1.165, 1.54) is 4.70 Å². The van der Waals surface area contributed by atoms with Gasteiger partial charge < -0.3 is 4.74 Å². The molecule has 1 aromatic heterocycles. The molecule has 0 aliphatic rings. The van der Waals surface area contributed by atoms with Crippen LogP contribution in [0.1, 0.15) is 26.7 Å². The first kappa shape index (κ1) is 17.0. The molecule has 2 rings (SSSR count). The van der Waals surface area contributed by atoms with Gasteiger partial charge in [0.2, 0.25) is 0 Å². The van der Waals surface area contributed by atoms with Gasteiger partial charge in [-0.1, -0.05) is 18.2 Å². The quantitative estimate of drug-likeness (QED) is 0.339. The molecular weight excluding hydrogens is 316 g/mol. The summed E-state index contributed by atoms with van der Waals surface area (Å²) in [6.45, 7) is 4.90. The maximum atomic E-state index is 11.4. The molecule has 22 heavy (non-hydrogen) atoms. The maximum Gasteiger partial charge on any atom is 0.333 e. The van der Waals surface area contributed by atoms with E-state index in [0.717, 1.165) is 29.2 Å². The highest BCUT2D eigenvalue weighted by molar-refractivity contribution is 7.99. The standard InChI is InChI=1S/C16H20N2O2S2/c1-3-20-15(19)12(2)8-6-7-11-17-22-16-18-13-9-4-5-10-14(13)21-16/h4-5,8-10,17H,3,6-7,11H2,1-2H3/b12-8+. The van der Waals surface area contributed by atoms with Crippen LogP contribution in [0.4, 0.5) is 0 Å². The Balaban J connectivity index is 1.67. The molecule has 1 N–H and O–H groups in total. The molecule has 0 fully saturated rings. The van der Waals surface area contributed by atoms with Gasteiger partial charge in [-0.25, -0.2) is 9.78 Å². The fourth-order valence-corrected chi connectivity index (χ4v) is 3.65. The summed E-state index contributed by atoms with van der Waals surface area (Å²) in [5, 5.41) is 0. The second kappa shape index (κ2) is 8.92. The molecule has 0 atom stereocenters. The number of allylic oxidation sites excluding steroid dienone is 1. The first-order valence-corrected chi connectivity index (χ1v) is 8.93. The molecule has 0 aliphatic heterocycles. The minimum absolute atomic E-state index is 0.223. The van der Waals surface area contributed by atoms with Gasteiger partial charge in [-0.3, -0.25) is 4.72 Å². The summed E-state index contributed by atoms with van der Waals surface area (Å²) in [7, 11) is 0. The number of benzene rings is 1. The number of carbonyl (C=O) groups excluding carboxylic acids is 1. The van der Waals surface area contributed by atoms with E-state index in [1.54, 1.807) is 30.2 Å². The number of nitrogens with one attached hydrogen (secondary N) is 1. The first-order valence-electron chi connectivity index (χ1n) is 7.30. The molecule has 118 valence electrons. The van der Waals surface area contributed by atoms with Crippen LogP contribution in [0.3, 0.4) is 0 Å². The molecule has 0 bridgehead atoms. The molecule has 1 heterocycles. The molecule has 2 aromatic rings. The van der Waals surface area contributed by atoms with Gasteiger partial charge in [0, 0.05) is 12.1 Å². The lowest BCUT2D eigenvalue weighted by Crippen LogP contribution is -2.06. The summed E-state index contributed by atoms with van der Waals surface area (Å²) < 4.78 is 10.5. The van der Waals surface area contributed by atoms with E-state index in [2.05, 4.69) is 15.8 Å². The Labute approximate surface area is 139 Å². The van der Waals surface area contributed by atoms with Crippen LogP contribution in [-0.2, 0) is 9.53 Å². The Morgan fingerprint density at radius 3 is 3.05 bits per heavy atom. The third kappa shape index (κ3) is 5.12. The van der Waals surface area contributed by atoms with E-state index in [9.17, 15) is 4.79 Å². The lowest BCUT2D eigenvalue weighted by atomic mass is 10.2. The van der Waals surface area contributed by atoms with Gasteiger partial charge in [0.15, 0.2) is 4.34 Å². The fourth-order valence-electron chi connectivity index (χ4n) is 1.83. The zero-order chi connectivity index (χ0) is 15.8. The summed E-state index contributed by atoms with van der Waals surface area (Å²) in [5.74, 6) is -0.223. The highest BCUT2D eigenvalue weighted by atomic mass is 32.2. The predicted octanol–water partition coefficient (Wildman–Crippen LogP) is 4.18. The number of hydrogen-bond donors (Lipinski definition) is 1. The zero-order valence-electron chi connectivity index (χ0n) is 12.8. The van der Waals surface area contributed by atoms with Gasteiger partial charge in [0.1, 0.15) is 0 Å². The number of carbonyl (C=O) groups is 1. The first-order chi connectivity index (χ1) is 10.7. The molecule has 6 heteroatoms. The number of thiazole rings is 1. The van der Waals surface area contributed by atoms with Crippen LogP contribution >= 0.6 is 23.3 Å². The van der Waals surface area contributed by atoms with Crippen molar-refractivity contribution in [3.05, 3.63) is 35.9 Å². The van der Waals surface area contributed by atoms with Gasteiger partial charge in [-0.2, -0.15) is 0 Å². The van der Waals surface area contributed by atoms with Gasteiger partial charge in [0.05, 0.1) is 16.8 Å². The summed E-state index contributed by atoms with van der Waals surface area (Å²) in [5.41, 5.74) is 1.73. The van der Waals surface area contributed by atoms with E-state index in [4.69, 9.17) is 4.74 Å². The Morgan fingerprint density at radius 2 is 2.27 bits per heavy atom. The smallest absolute Gasteiger partial charge is 0.333 e. The minimum atomic E-state index is -0.223. The SMILES string of the molecule is CCOC(=O)/C(C)=C/CCCNSc1nc2ccccc2s1. The van der Waals surface area contributed by atoms with Crippen LogP contribution in [0.2, 0.25) is 0 Å². The number of rotatable bonds is 8. The van der Waals surface area contributed by atoms with Crippen molar-refractivity contribution in [3.8, 4) is 0 Å². The number of esters is 1. The van der Waals surface area contributed by atoms with E-state index < -0.39 is 0 Å². The second-order valence-corrected chi connectivity index (χ2v) is 6.86. The third-order valence-corrected chi connectivity index (χ3v) is 4.91. The number of nitrogens with zero attached hydrogens (tertiary/aromatic N) is 1. The van der Waals surface area contributed by atoms with Crippen molar-refractivity contribution in [1.29, 1.82) is 0 Å². The van der Waals surface area contributed by atoms with Gasteiger partial charge >= 0.3 is 5.97 Å². The lowest BCUT2D eigenvalue weighted by molar-refractivity contribution is -0.138. The van der Waals surface area contributed by atoms with E-state index in [1.807, 2.05) is 31.2 Å². The molecular formula is C16H20N2O2S2. The largest absolute Gasteiger partial charge is 0.463 e. The number of fused-ring (bicyclic) bond motifs is 1. The highest BCUT2D eigenvalue weighted by Gasteiger charge is 2.04. The topological polar surface area (TPSA) is 51.2 Å². The van der Waals surface area contributed by atoms with E-state index in [-0.39, 0.29) is 5.97 Å². The van der Waals surface area contributed by atoms with Crippen molar-refractivity contribution >= 4 is 39.5 Å². The van der Waals surface area contributed by atoms with Crippen LogP contribution in [0.25, 0.3) is 10.2 Å². The number of aromatic nitrogens is 1. The number of unbranched alkanes of at least 4 members (excludes halogenated alkanes) is 1. The summed E-state index contributed by atoms with van der Waals surface area (Å²) in [6, 6.07) is 8.14. The van der Waals surface area contributed by atoms with Crippen LogP contribution in [0, 0.1) is 0 Å². The Kier molecular flexibility index (Phi) is 6.89. The molecule has 0 spiro atoms. The second-order valence-electron chi connectivity index (χ2n) is 4.69. The molecule has 1 aromatic carbocycles. The molecule has 0 amide bonds. The average Bonchev–Trinajstić information content (AvgIpc) is 2.93. The zero-order valence-corrected chi connectivity index (χ0v) is 14.4. The highest BCUT2D eigenvalue weighted by Crippen LogP contribution is 2.27. The lowest BCUT2D eigenvalue weighted by Gasteiger charge is -2.02. The normalized spacial score (nSPS) is 11.8. The predicted molar refractivity (Wildman–Crippen MR) is 93.1 cm³/mol. The van der Waals surface area contributed by atoms with Crippen molar-refractivity contribution in [2.45, 2.75) is 31.0 Å². The van der Waals surface area contributed by atoms with Crippen LogP contribution < -0.4 is 4.72 Å². The van der Waals surface area contributed by atoms with Crippen LogP contribution in [0.15, 0.2) is 40.3 Å². The molecule has 0 saturated carbocycles. The Morgan fingerprint density at radius 1 is 1.45 bits per heavy atom. The molecule has 0 unspecified atom stereocenters. The summed E-state index contributed by atoms with van der Waals surface area (Å²) >= 11 is 3.26. The van der Waals surface area contributed by atoms with Gasteiger partial charge in [-0.05, 0) is 50.8 Å². The Bertz CT molecular complexity index is 619. The van der Waals surface area contributed by atoms with Crippen molar-refractivity contribution in [2.75, 3.05) is 13.2 Å². The number of para-hydroxylation sites is 1. The number of hydrogen-bond acceptors (Lipinski definition) is 6. The average molecular weight is 336 g/mol. The summed E-state index contributed by atoms with van der Waals surface area (Å²) in [4.78, 5) is 16.0. The number of ether oxygens (including phenoxy) is 1. The third-order valence-electron chi connectivity index (χ3n) is 2.96. The van der Waals surface area contributed by atoms with Crippen molar-refractivity contribution in [3.63, 3.8) is 0 Å². The maximum absolute atomic E-state index is 11.4. The molecule has 0 aliphatic carbocycles. The Hall–Kier alpha value is -1.37. The molecule has 0 saturated heterocycles. The fraction of sp³-hybridized carbons (Fsp3) is 0.375. The van der Waals surface area contributed by atoms with Gasteiger partial charge in [-0.15, -0.1) is 11.3 Å². The van der Waals surface area contributed by atoms with Crippen molar-refractivity contribution < 1.29 is 9.53 Å². The van der Waals surface area contributed by atoms with Crippen LogP contribution in [-0.4, -0.2) is 24.1 Å². The summed E-state index contributed by atoms with van der Waals surface area (Å²) in [6.07, 6.45) is 3.76. The monoisotopic (exact) mass is 336 g/mol. The van der Waals surface area contributed by atoms with Crippen molar-refractivity contribution in [2.24, 2.45) is 0 Å². The van der Waals surface area contributed by atoms with E-state index >= 15 is 0 Å². The molecule has 4 nitrogen and oxygen atoms in total. The minimum Gasteiger partial charge on any atom is -0.463 e. The van der Waals surface area contributed by atoms with Crippen LogP contribution in [0.5, 0.6) is 0 Å². The van der Waals surface area contributed by atoms with Crippen molar-refractivity contribution in [1.82, 2.24) is 9.71 Å².